The largest absolute Gasteiger partial charge is 0.352 e. The minimum absolute atomic E-state index is 0.188. The van der Waals surface area contributed by atoms with Crippen molar-refractivity contribution in [1.82, 2.24) is 14.9 Å². The van der Waals surface area contributed by atoms with Crippen LogP contribution >= 0.6 is 34.5 Å². The first kappa shape index (κ1) is 23.6. The standard InChI is InChI=1S/C25H29Cl2N5OS/c1-14(2)22-29-23(20-16-8-7-15(3)13-19(16)34-24(20)30-22)31-9-11-32(12-10-31)25(33)28-21-17(26)5-4-6-18(21)27/h4-6,14-15H,7-13H2,1-3H3,(H,28,33). The lowest BCUT2D eigenvalue weighted by molar-refractivity contribution is 0.208. The van der Waals surface area contributed by atoms with Crippen LogP contribution in [0.4, 0.5) is 16.3 Å². The molecule has 2 aromatic heterocycles. The molecular formula is C25H29Cl2N5OS. The van der Waals surface area contributed by atoms with Gasteiger partial charge in [0.25, 0.3) is 0 Å². The molecule has 0 bridgehead atoms. The van der Waals surface area contributed by atoms with Gasteiger partial charge in [-0.1, -0.05) is 50.0 Å². The van der Waals surface area contributed by atoms with Crippen LogP contribution in [0.25, 0.3) is 10.2 Å². The number of hydrogen-bond acceptors (Lipinski definition) is 5. The number of aromatic nitrogens is 2. The smallest absolute Gasteiger partial charge is 0.322 e. The molecule has 1 saturated heterocycles. The Kier molecular flexibility index (Phi) is 6.62. The first-order chi connectivity index (χ1) is 16.3. The Balaban J connectivity index is 1.38. The quantitative estimate of drug-likeness (QED) is 0.425. The van der Waals surface area contributed by atoms with Gasteiger partial charge in [0.2, 0.25) is 0 Å². The first-order valence-corrected chi connectivity index (χ1v) is 13.5. The third kappa shape index (κ3) is 4.45. The second-order valence-corrected chi connectivity index (χ2v) is 11.5. The molecule has 0 saturated carbocycles. The van der Waals surface area contributed by atoms with Crippen molar-refractivity contribution in [2.75, 3.05) is 36.4 Å². The minimum atomic E-state index is -0.188. The van der Waals surface area contributed by atoms with Gasteiger partial charge in [0, 0.05) is 37.0 Å². The normalized spacial score (nSPS) is 18.5. The summed E-state index contributed by atoms with van der Waals surface area (Å²) in [5.41, 5.74) is 1.90. The number of piperazine rings is 1. The maximum Gasteiger partial charge on any atom is 0.322 e. The molecule has 1 aliphatic carbocycles. The Hall–Kier alpha value is -2.09. The summed E-state index contributed by atoms with van der Waals surface area (Å²) in [6.45, 7) is 9.24. The average Bonchev–Trinajstić information content (AvgIpc) is 3.18. The van der Waals surface area contributed by atoms with E-state index in [1.165, 1.54) is 22.2 Å². The van der Waals surface area contributed by atoms with Crippen LogP contribution in [0.3, 0.4) is 0 Å². The maximum atomic E-state index is 12.9. The fraction of sp³-hybridized carbons (Fsp3) is 0.480. The SMILES string of the molecule is CC1CCc2c(sc3nc(C(C)C)nc(N4CCN(C(=O)Nc5c(Cl)cccc5Cl)CC4)c23)C1. The molecular weight excluding hydrogens is 489 g/mol. The van der Waals surface area contributed by atoms with Gasteiger partial charge >= 0.3 is 6.03 Å². The van der Waals surface area contributed by atoms with Gasteiger partial charge in [0.15, 0.2) is 0 Å². The molecule has 1 unspecified atom stereocenters. The van der Waals surface area contributed by atoms with Crippen LogP contribution in [-0.4, -0.2) is 47.1 Å². The molecule has 2 amide bonds. The molecule has 1 atom stereocenters. The molecule has 180 valence electrons. The third-order valence-electron chi connectivity index (χ3n) is 6.73. The van der Waals surface area contributed by atoms with Crippen LogP contribution in [0.5, 0.6) is 0 Å². The van der Waals surface area contributed by atoms with E-state index in [9.17, 15) is 4.79 Å². The van der Waals surface area contributed by atoms with Gasteiger partial charge in [-0.25, -0.2) is 14.8 Å². The van der Waals surface area contributed by atoms with E-state index in [1.54, 1.807) is 18.2 Å². The van der Waals surface area contributed by atoms with E-state index in [0.29, 0.717) is 41.9 Å². The molecule has 1 aromatic carbocycles. The lowest BCUT2D eigenvalue weighted by Crippen LogP contribution is -2.50. The van der Waals surface area contributed by atoms with Crippen LogP contribution in [0.2, 0.25) is 10.0 Å². The van der Waals surface area contributed by atoms with Crippen molar-refractivity contribution >= 4 is 62.3 Å². The molecule has 5 rings (SSSR count). The number of para-hydroxylation sites is 1. The van der Waals surface area contributed by atoms with E-state index in [0.717, 1.165) is 35.2 Å². The summed E-state index contributed by atoms with van der Waals surface area (Å²) >= 11 is 14.3. The highest BCUT2D eigenvalue weighted by atomic mass is 35.5. The summed E-state index contributed by atoms with van der Waals surface area (Å²) in [5.74, 6) is 2.90. The topological polar surface area (TPSA) is 61.4 Å². The summed E-state index contributed by atoms with van der Waals surface area (Å²) in [4.78, 5) is 29.6. The molecule has 1 fully saturated rings. The van der Waals surface area contributed by atoms with Gasteiger partial charge in [-0.3, -0.25) is 0 Å². The van der Waals surface area contributed by atoms with Crippen molar-refractivity contribution in [3.05, 3.63) is 44.5 Å². The van der Waals surface area contributed by atoms with Crippen LogP contribution in [0, 0.1) is 5.92 Å². The molecule has 0 spiro atoms. The fourth-order valence-electron chi connectivity index (χ4n) is 4.75. The predicted octanol–water partition coefficient (Wildman–Crippen LogP) is 6.60. The van der Waals surface area contributed by atoms with Gasteiger partial charge < -0.3 is 15.1 Å². The number of aryl methyl sites for hydroxylation is 1. The molecule has 2 aliphatic rings. The third-order valence-corrected chi connectivity index (χ3v) is 8.51. The van der Waals surface area contributed by atoms with Gasteiger partial charge in [-0.05, 0) is 42.9 Å². The minimum Gasteiger partial charge on any atom is -0.352 e. The number of carbonyl (C=O) groups excluding carboxylic acids is 1. The average molecular weight is 519 g/mol. The van der Waals surface area contributed by atoms with Crippen LogP contribution in [-0.2, 0) is 12.8 Å². The molecule has 1 N–H and O–H groups in total. The molecule has 6 nitrogen and oxygen atoms in total. The number of benzene rings is 1. The second-order valence-electron chi connectivity index (χ2n) is 9.59. The van der Waals surface area contributed by atoms with Crippen molar-refractivity contribution in [1.29, 1.82) is 0 Å². The summed E-state index contributed by atoms with van der Waals surface area (Å²) in [6.07, 6.45) is 3.43. The summed E-state index contributed by atoms with van der Waals surface area (Å²) in [6, 6.07) is 5.01. The van der Waals surface area contributed by atoms with Crippen LogP contribution < -0.4 is 10.2 Å². The van der Waals surface area contributed by atoms with Gasteiger partial charge in [-0.2, -0.15) is 0 Å². The van der Waals surface area contributed by atoms with Crippen LogP contribution in [0.15, 0.2) is 18.2 Å². The predicted molar refractivity (Wildman–Crippen MR) is 142 cm³/mol. The van der Waals surface area contributed by atoms with E-state index < -0.39 is 0 Å². The zero-order valence-electron chi connectivity index (χ0n) is 19.7. The number of hydrogen-bond donors (Lipinski definition) is 1. The van der Waals surface area contributed by atoms with Crippen molar-refractivity contribution < 1.29 is 4.79 Å². The van der Waals surface area contributed by atoms with Crippen molar-refractivity contribution in [2.24, 2.45) is 5.92 Å². The molecule has 3 heterocycles. The Morgan fingerprint density at radius 2 is 1.85 bits per heavy atom. The van der Waals surface area contributed by atoms with Crippen molar-refractivity contribution in [3.8, 4) is 0 Å². The first-order valence-electron chi connectivity index (χ1n) is 11.9. The second kappa shape index (κ2) is 9.51. The van der Waals surface area contributed by atoms with Gasteiger partial charge in [0.1, 0.15) is 16.5 Å². The highest BCUT2D eigenvalue weighted by molar-refractivity contribution is 7.19. The number of thiophene rings is 1. The van der Waals surface area contributed by atoms with Crippen molar-refractivity contribution in [3.63, 3.8) is 0 Å². The Labute approximate surface area is 214 Å². The van der Waals surface area contributed by atoms with E-state index in [-0.39, 0.29) is 11.9 Å². The highest BCUT2D eigenvalue weighted by Gasteiger charge is 2.29. The fourth-order valence-corrected chi connectivity index (χ4v) is 6.63. The van der Waals surface area contributed by atoms with E-state index in [2.05, 4.69) is 31.0 Å². The summed E-state index contributed by atoms with van der Waals surface area (Å²) in [7, 11) is 0. The molecule has 1 aliphatic heterocycles. The van der Waals surface area contributed by atoms with E-state index >= 15 is 0 Å². The number of halogens is 2. The van der Waals surface area contributed by atoms with E-state index in [4.69, 9.17) is 33.2 Å². The number of fused-ring (bicyclic) bond motifs is 3. The number of carbonyl (C=O) groups is 1. The van der Waals surface area contributed by atoms with Gasteiger partial charge in [0.05, 0.1) is 21.1 Å². The molecule has 3 aromatic rings. The Morgan fingerprint density at radius 1 is 1.15 bits per heavy atom. The number of urea groups is 1. The zero-order chi connectivity index (χ0) is 24.0. The van der Waals surface area contributed by atoms with Crippen LogP contribution in [0.1, 0.15) is 49.4 Å². The molecule has 0 radical (unpaired) electrons. The zero-order valence-corrected chi connectivity index (χ0v) is 22.0. The lowest BCUT2D eigenvalue weighted by Gasteiger charge is -2.36. The Morgan fingerprint density at radius 3 is 2.53 bits per heavy atom. The van der Waals surface area contributed by atoms with Gasteiger partial charge in [-0.15, -0.1) is 11.3 Å². The number of nitrogens with one attached hydrogen (secondary N) is 1. The summed E-state index contributed by atoms with van der Waals surface area (Å²) in [5, 5.41) is 4.97. The molecule has 34 heavy (non-hydrogen) atoms. The summed E-state index contributed by atoms with van der Waals surface area (Å²) < 4.78 is 0. The maximum absolute atomic E-state index is 12.9. The highest BCUT2D eigenvalue weighted by Crippen LogP contribution is 2.41. The number of nitrogens with zero attached hydrogens (tertiary/aromatic N) is 4. The Bertz CT molecular complexity index is 1220. The monoisotopic (exact) mass is 517 g/mol. The van der Waals surface area contributed by atoms with E-state index in [1.807, 2.05) is 16.2 Å². The number of amides is 2. The lowest BCUT2D eigenvalue weighted by atomic mass is 9.89. The molecule has 9 heteroatoms. The number of anilines is 2. The van der Waals surface area contributed by atoms with Crippen molar-refractivity contribution in [2.45, 2.75) is 46.0 Å². The number of rotatable bonds is 3.